The molecule has 0 aromatic carbocycles. The Morgan fingerprint density at radius 2 is 2.16 bits per heavy atom. The molecule has 4 rings (SSSR count). The van der Waals surface area contributed by atoms with Crippen molar-refractivity contribution < 1.29 is 18.3 Å². The van der Waals surface area contributed by atoms with E-state index in [9.17, 15) is 8.78 Å². The number of alkyl halides is 2. The van der Waals surface area contributed by atoms with Crippen LogP contribution in [0.3, 0.4) is 0 Å². The Morgan fingerprint density at radius 1 is 1.28 bits per heavy atom. The third-order valence-electron chi connectivity index (χ3n) is 4.54. The van der Waals surface area contributed by atoms with Gasteiger partial charge in [-0.3, -0.25) is 10.1 Å². The summed E-state index contributed by atoms with van der Waals surface area (Å²) < 4.78 is 34.6. The average Bonchev–Trinajstić information content (AvgIpc) is 3.22. The Morgan fingerprint density at radius 3 is 2.96 bits per heavy atom. The van der Waals surface area contributed by atoms with Crippen molar-refractivity contribution in [3.63, 3.8) is 0 Å². The number of hydrogen-bond acceptors (Lipinski definition) is 7. The number of aromatic nitrogens is 4. The fourth-order valence-electron chi connectivity index (χ4n) is 3.10. The van der Waals surface area contributed by atoms with Crippen molar-refractivity contribution in [2.45, 2.75) is 32.0 Å². The maximum absolute atomic E-state index is 12.2. The van der Waals surface area contributed by atoms with E-state index in [1.807, 2.05) is 0 Å². The average molecular weight is 352 g/mol. The largest absolute Gasteiger partial charge is 0.473 e. The molecule has 3 heterocycles. The van der Waals surface area contributed by atoms with E-state index in [0.29, 0.717) is 17.5 Å². The molecular formula is C15H18F2N6O2. The summed E-state index contributed by atoms with van der Waals surface area (Å²) in [6.45, 7) is -1.02. The first-order valence-corrected chi connectivity index (χ1v) is 8.10. The van der Waals surface area contributed by atoms with E-state index in [1.165, 1.54) is 12.3 Å². The Labute approximate surface area is 142 Å². The standard InChI is InChI=1S/C15H18F2N6O2/c16-14(17)25-12-5-10(22-23-12)20-11-6-19-7-13(21-11)24-9-1-4-18-8-15(9)2-3-15/h5-7,9,14,18H,1-4,8H2,(H2,20,21,22,23)/t9-/m1/s1. The smallest absolute Gasteiger partial charge is 0.388 e. The van der Waals surface area contributed by atoms with E-state index in [0.717, 1.165) is 32.4 Å². The monoisotopic (exact) mass is 352 g/mol. The van der Waals surface area contributed by atoms with Crippen LogP contribution >= 0.6 is 0 Å². The van der Waals surface area contributed by atoms with Crippen LogP contribution in [-0.2, 0) is 0 Å². The SMILES string of the molecule is FC(F)Oc1cc(Nc2cncc(O[C@@H]3CCNCC34CC4)n2)[nH]n1. The van der Waals surface area contributed by atoms with Gasteiger partial charge in [0.1, 0.15) is 11.9 Å². The second-order valence-electron chi connectivity index (χ2n) is 6.30. The lowest BCUT2D eigenvalue weighted by Gasteiger charge is -2.32. The lowest BCUT2D eigenvalue weighted by molar-refractivity contribution is -0.0528. The van der Waals surface area contributed by atoms with Crippen molar-refractivity contribution >= 4 is 11.6 Å². The fraction of sp³-hybridized carbons (Fsp3) is 0.533. The first-order chi connectivity index (χ1) is 12.1. The zero-order chi connectivity index (χ0) is 17.3. The van der Waals surface area contributed by atoms with Crippen LogP contribution in [0.5, 0.6) is 11.8 Å². The molecular weight excluding hydrogens is 334 g/mol. The summed E-state index contributed by atoms with van der Waals surface area (Å²) in [7, 11) is 0. The van der Waals surface area contributed by atoms with Crippen LogP contribution in [0.4, 0.5) is 20.4 Å². The van der Waals surface area contributed by atoms with Gasteiger partial charge in [-0.2, -0.15) is 13.8 Å². The number of halogens is 2. The maximum Gasteiger partial charge on any atom is 0.388 e. The Kier molecular flexibility index (Phi) is 4.12. The number of piperidine rings is 1. The number of H-pyrrole nitrogens is 1. The number of nitrogens with zero attached hydrogens (tertiary/aromatic N) is 3. The first kappa shape index (κ1) is 16.0. The molecule has 0 radical (unpaired) electrons. The Hall–Kier alpha value is -2.49. The van der Waals surface area contributed by atoms with Crippen molar-refractivity contribution in [1.82, 2.24) is 25.5 Å². The molecule has 1 aliphatic carbocycles. The molecule has 25 heavy (non-hydrogen) atoms. The predicted molar refractivity (Wildman–Crippen MR) is 84.1 cm³/mol. The number of nitrogens with one attached hydrogen (secondary N) is 3. The molecule has 0 bridgehead atoms. The van der Waals surface area contributed by atoms with Gasteiger partial charge >= 0.3 is 6.61 Å². The van der Waals surface area contributed by atoms with Crippen LogP contribution in [-0.4, -0.2) is 46.0 Å². The summed E-state index contributed by atoms with van der Waals surface area (Å²) in [6.07, 6.45) is 6.48. The minimum atomic E-state index is -2.92. The summed E-state index contributed by atoms with van der Waals surface area (Å²) in [4.78, 5) is 8.49. The minimum absolute atomic E-state index is 0.136. The number of anilines is 2. The summed E-state index contributed by atoms with van der Waals surface area (Å²) >= 11 is 0. The second kappa shape index (κ2) is 6.43. The van der Waals surface area contributed by atoms with Gasteiger partial charge in [0.2, 0.25) is 11.8 Å². The quantitative estimate of drug-likeness (QED) is 0.732. The van der Waals surface area contributed by atoms with E-state index >= 15 is 0 Å². The molecule has 1 spiro atoms. The molecule has 2 aliphatic rings. The molecule has 2 aromatic heterocycles. The zero-order valence-corrected chi connectivity index (χ0v) is 13.3. The zero-order valence-electron chi connectivity index (χ0n) is 13.3. The summed E-state index contributed by atoms with van der Waals surface area (Å²) in [5.74, 6) is 1.01. The fourth-order valence-corrected chi connectivity index (χ4v) is 3.10. The van der Waals surface area contributed by atoms with Crippen molar-refractivity contribution in [2.24, 2.45) is 5.41 Å². The Bertz CT molecular complexity index is 736. The van der Waals surface area contributed by atoms with Gasteiger partial charge in [0, 0.05) is 18.0 Å². The van der Waals surface area contributed by atoms with Gasteiger partial charge < -0.3 is 20.1 Å². The van der Waals surface area contributed by atoms with Crippen LogP contribution < -0.4 is 20.1 Å². The predicted octanol–water partition coefficient (Wildman–Crippen LogP) is 2.07. The van der Waals surface area contributed by atoms with E-state index in [2.05, 4.69) is 35.5 Å². The summed E-state index contributed by atoms with van der Waals surface area (Å²) in [5, 5.41) is 12.5. The van der Waals surface area contributed by atoms with Crippen LogP contribution in [0.25, 0.3) is 0 Å². The third kappa shape index (κ3) is 3.63. The van der Waals surface area contributed by atoms with Crippen molar-refractivity contribution in [3.05, 3.63) is 18.5 Å². The van der Waals surface area contributed by atoms with E-state index in [-0.39, 0.29) is 17.4 Å². The molecule has 8 nitrogen and oxygen atoms in total. The van der Waals surface area contributed by atoms with Crippen LogP contribution in [0, 0.1) is 5.41 Å². The van der Waals surface area contributed by atoms with Crippen LogP contribution in [0.15, 0.2) is 18.5 Å². The molecule has 1 saturated heterocycles. The van der Waals surface area contributed by atoms with Crippen molar-refractivity contribution in [3.8, 4) is 11.8 Å². The lowest BCUT2D eigenvalue weighted by atomic mass is 9.93. The molecule has 134 valence electrons. The highest BCUT2D eigenvalue weighted by Gasteiger charge is 2.52. The molecule has 1 saturated carbocycles. The number of aromatic amines is 1. The van der Waals surface area contributed by atoms with E-state index in [1.54, 1.807) is 6.20 Å². The second-order valence-corrected chi connectivity index (χ2v) is 6.30. The van der Waals surface area contributed by atoms with Crippen LogP contribution in [0.2, 0.25) is 0 Å². The highest BCUT2D eigenvalue weighted by Crippen LogP contribution is 2.51. The summed E-state index contributed by atoms with van der Waals surface area (Å²) in [5.41, 5.74) is 0.230. The van der Waals surface area contributed by atoms with Gasteiger partial charge in [-0.1, -0.05) is 0 Å². The molecule has 10 heteroatoms. The third-order valence-corrected chi connectivity index (χ3v) is 4.54. The van der Waals surface area contributed by atoms with Gasteiger partial charge in [-0.05, 0) is 25.8 Å². The van der Waals surface area contributed by atoms with E-state index < -0.39 is 6.61 Å². The van der Waals surface area contributed by atoms with Gasteiger partial charge in [0.05, 0.1) is 12.4 Å². The number of hydrogen-bond donors (Lipinski definition) is 3. The van der Waals surface area contributed by atoms with Crippen molar-refractivity contribution in [2.75, 3.05) is 18.4 Å². The molecule has 2 aromatic rings. The first-order valence-electron chi connectivity index (χ1n) is 8.10. The highest BCUT2D eigenvalue weighted by molar-refractivity contribution is 5.52. The Balaban J connectivity index is 1.42. The van der Waals surface area contributed by atoms with Gasteiger partial charge in [0.15, 0.2) is 5.82 Å². The van der Waals surface area contributed by atoms with Gasteiger partial charge in [-0.25, -0.2) is 0 Å². The molecule has 1 aliphatic heterocycles. The van der Waals surface area contributed by atoms with Gasteiger partial charge in [-0.15, -0.1) is 5.10 Å². The maximum atomic E-state index is 12.2. The normalized spacial score (nSPS) is 21.3. The minimum Gasteiger partial charge on any atom is -0.473 e. The topological polar surface area (TPSA) is 97.0 Å². The molecule has 0 amide bonds. The number of ether oxygens (including phenoxy) is 2. The van der Waals surface area contributed by atoms with Crippen molar-refractivity contribution in [1.29, 1.82) is 0 Å². The molecule has 1 atom stereocenters. The summed E-state index contributed by atoms with van der Waals surface area (Å²) in [6, 6.07) is 1.31. The van der Waals surface area contributed by atoms with E-state index in [4.69, 9.17) is 4.74 Å². The lowest BCUT2D eigenvalue weighted by Crippen LogP contribution is -2.44. The molecule has 3 N–H and O–H groups in total. The molecule has 0 unspecified atom stereocenters. The highest BCUT2D eigenvalue weighted by atomic mass is 19.3. The van der Waals surface area contributed by atoms with Crippen LogP contribution in [0.1, 0.15) is 19.3 Å². The molecule has 2 fully saturated rings. The number of rotatable bonds is 6. The van der Waals surface area contributed by atoms with Gasteiger partial charge in [0.25, 0.3) is 0 Å².